The number of para-hydroxylation sites is 1. The molecule has 0 heterocycles. The van der Waals surface area contributed by atoms with Gasteiger partial charge in [0, 0.05) is 11.6 Å². The molecular weight excluding hydrogens is 254 g/mol. The number of aliphatic carboxylic acids is 1. The van der Waals surface area contributed by atoms with Crippen LogP contribution in [-0.4, -0.2) is 36.2 Å². The van der Waals surface area contributed by atoms with Crippen molar-refractivity contribution in [1.82, 2.24) is 4.90 Å². The Kier molecular flexibility index (Phi) is 5.01. The Morgan fingerprint density at radius 3 is 2.55 bits per heavy atom. The van der Waals surface area contributed by atoms with Gasteiger partial charge < -0.3 is 9.84 Å². The summed E-state index contributed by atoms with van der Waals surface area (Å²) in [4.78, 5) is 13.8. The van der Waals surface area contributed by atoms with Gasteiger partial charge in [0.1, 0.15) is 11.8 Å². The first kappa shape index (κ1) is 14.9. The van der Waals surface area contributed by atoms with E-state index in [-0.39, 0.29) is 0 Å². The number of rotatable bonds is 5. The molecule has 20 heavy (non-hydrogen) atoms. The molecule has 1 atom stereocenters. The largest absolute Gasteiger partial charge is 0.496 e. The van der Waals surface area contributed by atoms with Crippen LogP contribution in [-0.2, 0) is 4.79 Å². The zero-order chi connectivity index (χ0) is 14.5. The van der Waals surface area contributed by atoms with Crippen LogP contribution in [0.3, 0.4) is 0 Å². The summed E-state index contributed by atoms with van der Waals surface area (Å²) in [5, 5.41) is 9.65. The Hall–Kier alpha value is -1.55. The zero-order valence-corrected chi connectivity index (χ0v) is 12.2. The first-order chi connectivity index (χ1) is 9.65. The molecule has 0 aliphatic heterocycles. The molecule has 0 bridgehead atoms. The summed E-state index contributed by atoms with van der Waals surface area (Å²) in [5.74, 6) is -0.176. The molecule has 1 unspecified atom stereocenters. The summed E-state index contributed by atoms with van der Waals surface area (Å²) in [6.45, 7) is 0. The summed E-state index contributed by atoms with van der Waals surface area (Å²) < 4.78 is 5.32. The predicted octanol–water partition coefficient (Wildman–Crippen LogP) is 3.09. The SMILES string of the molecule is COc1ccccc1C(C(=O)O)N(C)C1CCCCC1. The van der Waals surface area contributed by atoms with Gasteiger partial charge >= 0.3 is 5.97 Å². The van der Waals surface area contributed by atoms with Crippen LogP contribution >= 0.6 is 0 Å². The second-order valence-corrected chi connectivity index (χ2v) is 5.44. The van der Waals surface area contributed by atoms with E-state index in [1.165, 1.54) is 19.3 Å². The molecule has 1 aromatic rings. The van der Waals surface area contributed by atoms with Gasteiger partial charge in [0.05, 0.1) is 7.11 Å². The molecule has 1 aliphatic carbocycles. The highest BCUT2D eigenvalue weighted by Crippen LogP contribution is 2.33. The van der Waals surface area contributed by atoms with Crippen molar-refractivity contribution in [2.45, 2.75) is 44.2 Å². The van der Waals surface area contributed by atoms with E-state index in [4.69, 9.17) is 4.74 Å². The standard InChI is InChI=1S/C16H23NO3/c1-17(12-8-4-3-5-9-12)15(16(18)19)13-10-6-7-11-14(13)20-2/h6-7,10-12,15H,3-5,8-9H2,1-2H3,(H,18,19). The molecule has 1 aliphatic rings. The Balaban J connectivity index is 2.28. The first-order valence-corrected chi connectivity index (χ1v) is 7.22. The molecule has 110 valence electrons. The highest BCUT2D eigenvalue weighted by Gasteiger charge is 2.32. The topological polar surface area (TPSA) is 49.8 Å². The van der Waals surface area contributed by atoms with Gasteiger partial charge in [-0.25, -0.2) is 0 Å². The number of ether oxygens (including phenoxy) is 1. The summed E-state index contributed by atoms with van der Waals surface area (Å²) in [6, 6.07) is 7.09. The van der Waals surface area contributed by atoms with Crippen LogP contribution in [0.2, 0.25) is 0 Å². The van der Waals surface area contributed by atoms with Crippen molar-refractivity contribution in [3.05, 3.63) is 29.8 Å². The van der Waals surface area contributed by atoms with Crippen LogP contribution in [0.5, 0.6) is 5.75 Å². The van der Waals surface area contributed by atoms with Crippen molar-refractivity contribution < 1.29 is 14.6 Å². The van der Waals surface area contributed by atoms with Crippen LogP contribution in [0, 0.1) is 0 Å². The molecule has 2 rings (SSSR count). The van der Waals surface area contributed by atoms with Crippen molar-refractivity contribution in [2.24, 2.45) is 0 Å². The van der Waals surface area contributed by atoms with Crippen molar-refractivity contribution in [3.8, 4) is 5.75 Å². The van der Waals surface area contributed by atoms with E-state index >= 15 is 0 Å². The van der Waals surface area contributed by atoms with Gasteiger partial charge in [-0.3, -0.25) is 9.69 Å². The van der Waals surface area contributed by atoms with Crippen molar-refractivity contribution in [2.75, 3.05) is 14.2 Å². The maximum absolute atomic E-state index is 11.8. The Bertz CT molecular complexity index is 455. The third-order valence-corrected chi connectivity index (χ3v) is 4.23. The van der Waals surface area contributed by atoms with Gasteiger partial charge in [-0.1, -0.05) is 37.5 Å². The molecule has 0 spiro atoms. The van der Waals surface area contributed by atoms with Gasteiger partial charge in [0.25, 0.3) is 0 Å². The minimum absolute atomic E-state index is 0.342. The number of likely N-dealkylation sites (N-methyl/N-ethyl adjacent to an activating group) is 1. The maximum atomic E-state index is 11.8. The van der Waals surface area contributed by atoms with E-state index in [0.29, 0.717) is 11.8 Å². The summed E-state index contributed by atoms with van der Waals surface area (Å²) in [6.07, 6.45) is 5.79. The second-order valence-electron chi connectivity index (χ2n) is 5.44. The van der Waals surface area contributed by atoms with Crippen molar-refractivity contribution in [3.63, 3.8) is 0 Å². The van der Waals surface area contributed by atoms with E-state index in [0.717, 1.165) is 18.4 Å². The quantitative estimate of drug-likeness (QED) is 0.898. The molecule has 1 N–H and O–H groups in total. The van der Waals surface area contributed by atoms with Gasteiger partial charge in [-0.15, -0.1) is 0 Å². The fourth-order valence-electron chi connectivity index (χ4n) is 3.12. The van der Waals surface area contributed by atoms with E-state index in [2.05, 4.69) is 0 Å². The normalized spacial score (nSPS) is 17.9. The molecule has 4 heteroatoms. The van der Waals surface area contributed by atoms with E-state index in [1.807, 2.05) is 36.2 Å². The lowest BCUT2D eigenvalue weighted by Crippen LogP contribution is -2.40. The molecule has 0 aromatic heterocycles. The highest BCUT2D eigenvalue weighted by molar-refractivity contribution is 5.76. The Morgan fingerprint density at radius 1 is 1.30 bits per heavy atom. The maximum Gasteiger partial charge on any atom is 0.325 e. The Morgan fingerprint density at radius 2 is 1.95 bits per heavy atom. The number of carboxylic acid groups (broad SMARTS) is 1. The van der Waals surface area contributed by atoms with Gasteiger partial charge in [-0.2, -0.15) is 0 Å². The first-order valence-electron chi connectivity index (χ1n) is 7.22. The van der Waals surface area contributed by atoms with Gasteiger partial charge in [0.15, 0.2) is 0 Å². The lowest BCUT2D eigenvalue weighted by Gasteiger charge is -2.35. The number of hydrogen-bond acceptors (Lipinski definition) is 3. The van der Waals surface area contributed by atoms with Crippen LogP contribution < -0.4 is 4.74 Å². The number of carboxylic acids is 1. The minimum atomic E-state index is -0.817. The lowest BCUT2D eigenvalue weighted by molar-refractivity contribution is -0.144. The number of benzene rings is 1. The minimum Gasteiger partial charge on any atom is -0.496 e. The molecule has 1 aromatic carbocycles. The van der Waals surface area contributed by atoms with Crippen LogP contribution in [0.1, 0.15) is 43.7 Å². The number of methoxy groups -OCH3 is 1. The molecule has 0 saturated heterocycles. The molecule has 0 radical (unpaired) electrons. The number of hydrogen-bond donors (Lipinski definition) is 1. The van der Waals surface area contributed by atoms with Crippen molar-refractivity contribution in [1.29, 1.82) is 0 Å². The monoisotopic (exact) mass is 277 g/mol. The average molecular weight is 277 g/mol. The lowest BCUT2D eigenvalue weighted by atomic mass is 9.92. The second kappa shape index (κ2) is 6.75. The molecule has 1 fully saturated rings. The Labute approximate surface area is 120 Å². The van der Waals surface area contributed by atoms with E-state index in [9.17, 15) is 9.90 Å². The smallest absolute Gasteiger partial charge is 0.325 e. The van der Waals surface area contributed by atoms with E-state index in [1.54, 1.807) is 7.11 Å². The summed E-state index contributed by atoms with van der Waals surface area (Å²) in [5.41, 5.74) is 0.732. The molecule has 1 saturated carbocycles. The molecule has 4 nitrogen and oxygen atoms in total. The van der Waals surface area contributed by atoms with Crippen LogP contribution in [0.25, 0.3) is 0 Å². The summed E-state index contributed by atoms with van der Waals surface area (Å²) in [7, 11) is 3.50. The molecule has 0 amide bonds. The highest BCUT2D eigenvalue weighted by atomic mass is 16.5. The van der Waals surface area contributed by atoms with Crippen LogP contribution in [0.4, 0.5) is 0 Å². The van der Waals surface area contributed by atoms with Gasteiger partial charge in [-0.05, 0) is 26.0 Å². The van der Waals surface area contributed by atoms with Gasteiger partial charge in [0.2, 0.25) is 0 Å². The third kappa shape index (κ3) is 3.12. The zero-order valence-electron chi connectivity index (χ0n) is 12.2. The number of nitrogens with zero attached hydrogens (tertiary/aromatic N) is 1. The molecular formula is C16H23NO3. The van der Waals surface area contributed by atoms with E-state index < -0.39 is 12.0 Å². The fourth-order valence-corrected chi connectivity index (χ4v) is 3.12. The number of carbonyl (C=O) groups is 1. The summed E-state index contributed by atoms with van der Waals surface area (Å²) >= 11 is 0. The van der Waals surface area contributed by atoms with Crippen molar-refractivity contribution >= 4 is 5.97 Å². The van der Waals surface area contributed by atoms with Crippen LogP contribution in [0.15, 0.2) is 24.3 Å². The third-order valence-electron chi connectivity index (χ3n) is 4.23. The average Bonchev–Trinajstić information content (AvgIpc) is 2.48. The fraction of sp³-hybridized carbons (Fsp3) is 0.562. The predicted molar refractivity (Wildman–Crippen MR) is 78.0 cm³/mol.